The minimum atomic E-state index is -6.05. The Morgan fingerprint density at radius 2 is 1.60 bits per heavy atom. The predicted octanol–water partition coefficient (Wildman–Crippen LogP) is 5.58. The van der Waals surface area contributed by atoms with Crippen molar-refractivity contribution in [2.75, 3.05) is 19.1 Å². The zero-order chi connectivity index (χ0) is 31.1. The van der Waals surface area contributed by atoms with Crippen LogP contribution in [0.2, 0.25) is 0 Å². The van der Waals surface area contributed by atoms with Gasteiger partial charge in [0.05, 0.1) is 19.9 Å². The van der Waals surface area contributed by atoms with Crippen molar-refractivity contribution in [2.24, 2.45) is 0 Å². The van der Waals surface area contributed by atoms with Crippen LogP contribution in [0.3, 0.4) is 0 Å². The third-order valence-corrected chi connectivity index (χ3v) is 8.06. The number of carbonyl (C=O) groups is 2. The summed E-state index contributed by atoms with van der Waals surface area (Å²) in [7, 11) is -3.45. The molecule has 3 aromatic rings. The SMILES string of the molecule is COC(=O)C1(Cc2ccccc2)Cc2c(OS(=O)(=O)C(F)(F)F)cccc2N1C(=O)c1ccc(C(C)(C)C)c(OC)c1. The average Bonchev–Trinajstić information content (AvgIpc) is 3.26. The maximum Gasteiger partial charge on any atom is 0.534 e. The molecule has 4 rings (SSSR count). The van der Waals surface area contributed by atoms with Gasteiger partial charge in [0.25, 0.3) is 5.91 Å². The van der Waals surface area contributed by atoms with Crippen LogP contribution in [0.25, 0.3) is 0 Å². The molecule has 0 fully saturated rings. The van der Waals surface area contributed by atoms with Crippen molar-refractivity contribution in [2.45, 2.75) is 50.1 Å². The van der Waals surface area contributed by atoms with Crippen molar-refractivity contribution in [1.82, 2.24) is 0 Å². The van der Waals surface area contributed by atoms with E-state index in [1.54, 1.807) is 42.5 Å². The lowest BCUT2D eigenvalue weighted by atomic mass is 9.85. The van der Waals surface area contributed by atoms with E-state index in [9.17, 15) is 31.2 Å². The number of methoxy groups -OCH3 is 2. The van der Waals surface area contributed by atoms with Crippen molar-refractivity contribution in [3.8, 4) is 11.5 Å². The molecule has 8 nitrogen and oxygen atoms in total. The van der Waals surface area contributed by atoms with E-state index in [0.29, 0.717) is 11.3 Å². The van der Waals surface area contributed by atoms with Gasteiger partial charge >= 0.3 is 21.6 Å². The quantitative estimate of drug-likeness (QED) is 0.197. The zero-order valence-electron chi connectivity index (χ0n) is 23.6. The Hall–Kier alpha value is -4.06. The highest BCUT2D eigenvalue weighted by atomic mass is 32.2. The Balaban J connectivity index is 1.95. The Morgan fingerprint density at radius 1 is 0.929 bits per heavy atom. The van der Waals surface area contributed by atoms with Crippen molar-refractivity contribution < 1.29 is 44.8 Å². The molecule has 224 valence electrons. The van der Waals surface area contributed by atoms with Crippen LogP contribution in [0.15, 0.2) is 66.7 Å². The molecule has 1 amide bonds. The molecule has 1 aliphatic rings. The fourth-order valence-electron chi connectivity index (χ4n) is 5.16. The van der Waals surface area contributed by atoms with Crippen LogP contribution in [0, 0.1) is 0 Å². The average molecular weight is 606 g/mol. The molecule has 0 bridgehead atoms. The molecule has 1 heterocycles. The fourth-order valence-corrected chi connectivity index (χ4v) is 5.65. The summed E-state index contributed by atoms with van der Waals surface area (Å²) in [6.45, 7) is 5.92. The number of rotatable bonds is 7. The van der Waals surface area contributed by atoms with E-state index >= 15 is 0 Å². The molecular weight excluding hydrogens is 575 g/mol. The second-order valence-electron chi connectivity index (χ2n) is 10.9. The molecule has 0 saturated carbocycles. The molecule has 0 saturated heterocycles. The second kappa shape index (κ2) is 11.0. The van der Waals surface area contributed by atoms with Crippen LogP contribution in [0.5, 0.6) is 11.5 Å². The van der Waals surface area contributed by atoms with Gasteiger partial charge in [0.2, 0.25) is 0 Å². The molecule has 0 aliphatic carbocycles. The Labute approximate surface area is 242 Å². The lowest BCUT2D eigenvalue weighted by Gasteiger charge is -2.36. The lowest BCUT2D eigenvalue weighted by Crippen LogP contribution is -2.58. The summed E-state index contributed by atoms with van der Waals surface area (Å²) in [6.07, 6.45) is -0.472. The van der Waals surface area contributed by atoms with Crippen LogP contribution >= 0.6 is 0 Å². The van der Waals surface area contributed by atoms with Gasteiger partial charge in [-0.1, -0.05) is 63.2 Å². The summed E-state index contributed by atoms with van der Waals surface area (Å²) < 4.78 is 78.9. The molecule has 1 unspecified atom stereocenters. The second-order valence-corrected chi connectivity index (χ2v) is 12.4. The lowest BCUT2D eigenvalue weighted by molar-refractivity contribution is -0.146. The number of hydrogen-bond donors (Lipinski definition) is 0. The van der Waals surface area contributed by atoms with E-state index in [2.05, 4.69) is 4.18 Å². The number of esters is 1. The van der Waals surface area contributed by atoms with Gasteiger partial charge in [-0.25, -0.2) is 4.79 Å². The fraction of sp³-hybridized carbons (Fsp3) is 0.333. The predicted molar refractivity (Wildman–Crippen MR) is 149 cm³/mol. The minimum absolute atomic E-state index is 0.00932. The summed E-state index contributed by atoms with van der Waals surface area (Å²) in [4.78, 5) is 29.1. The number of ether oxygens (including phenoxy) is 2. The minimum Gasteiger partial charge on any atom is -0.496 e. The maximum absolute atomic E-state index is 14.3. The van der Waals surface area contributed by atoms with Crippen molar-refractivity contribution in [1.29, 1.82) is 0 Å². The zero-order valence-corrected chi connectivity index (χ0v) is 24.4. The standard InChI is InChI=1S/C30H30F3NO7S/c1-28(2,3)22-15-14-20(16-25(22)39-4)26(35)34-23-12-9-13-24(41-42(37,38)30(31,32)33)21(23)18-29(34,27(36)40-5)17-19-10-7-6-8-11-19/h6-16H,17-18H2,1-5H3. The van der Waals surface area contributed by atoms with Gasteiger partial charge in [-0.15, -0.1) is 0 Å². The third-order valence-electron chi connectivity index (χ3n) is 7.09. The number of carbonyl (C=O) groups excluding carboxylic acids is 2. The molecule has 0 spiro atoms. The molecule has 0 radical (unpaired) electrons. The highest BCUT2D eigenvalue weighted by molar-refractivity contribution is 7.88. The number of benzene rings is 3. The van der Waals surface area contributed by atoms with E-state index in [1.807, 2.05) is 20.8 Å². The number of amides is 1. The van der Waals surface area contributed by atoms with Gasteiger partial charge in [-0.05, 0) is 40.8 Å². The van der Waals surface area contributed by atoms with Crippen LogP contribution in [-0.2, 0) is 37.9 Å². The Kier molecular flexibility index (Phi) is 8.07. The van der Waals surface area contributed by atoms with Crippen LogP contribution < -0.4 is 13.8 Å². The van der Waals surface area contributed by atoms with Gasteiger partial charge in [0.15, 0.2) is 5.54 Å². The Bertz CT molecular complexity index is 1620. The van der Waals surface area contributed by atoms with E-state index in [1.165, 1.54) is 25.3 Å². The van der Waals surface area contributed by atoms with E-state index < -0.39 is 38.8 Å². The molecule has 12 heteroatoms. The summed E-state index contributed by atoms with van der Waals surface area (Å²) >= 11 is 0. The van der Waals surface area contributed by atoms with E-state index in [0.717, 1.165) is 23.6 Å². The van der Waals surface area contributed by atoms with Crippen LogP contribution in [-0.4, -0.2) is 45.6 Å². The first kappa shape index (κ1) is 30.9. The van der Waals surface area contributed by atoms with Crippen LogP contribution in [0.4, 0.5) is 18.9 Å². The topological polar surface area (TPSA) is 99.2 Å². The van der Waals surface area contributed by atoms with E-state index in [-0.39, 0.29) is 35.1 Å². The highest BCUT2D eigenvalue weighted by Gasteiger charge is 2.56. The highest BCUT2D eigenvalue weighted by Crippen LogP contribution is 2.47. The summed E-state index contributed by atoms with van der Waals surface area (Å²) in [6, 6.07) is 17.2. The van der Waals surface area contributed by atoms with Crippen molar-refractivity contribution in [3.05, 3.63) is 89.0 Å². The maximum atomic E-state index is 14.3. The van der Waals surface area contributed by atoms with Gasteiger partial charge < -0.3 is 13.7 Å². The number of fused-ring (bicyclic) bond motifs is 1. The smallest absolute Gasteiger partial charge is 0.496 e. The summed E-state index contributed by atoms with van der Waals surface area (Å²) in [5, 5.41) is 0. The van der Waals surface area contributed by atoms with Gasteiger partial charge in [0, 0.05) is 24.0 Å². The number of anilines is 1. The first-order valence-electron chi connectivity index (χ1n) is 12.8. The molecule has 1 atom stereocenters. The largest absolute Gasteiger partial charge is 0.534 e. The molecule has 1 aliphatic heterocycles. The molecule has 3 aromatic carbocycles. The molecule has 0 aromatic heterocycles. The third kappa shape index (κ3) is 5.55. The molecule has 42 heavy (non-hydrogen) atoms. The van der Waals surface area contributed by atoms with Crippen molar-refractivity contribution >= 4 is 27.7 Å². The number of halogens is 3. The van der Waals surface area contributed by atoms with Crippen molar-refractivity contribution in [3.63, 3.8) is 0 Å². The first-order valence-corrected chi connectivity index (χ1v) is 14.2. The van der Waals surface area contributed by atoms with Crippen LogP contribution in [0.1, 0.15) is 47.8 Å². The van der Waals surface area contributed by atoms with E-state index in [4.69, 9.17) is 9.47 Å². The van der Waals surface area contributed by atoms with Gasteiger partial charge in [-0.2, -0.15) is 21.6 Å². The molecule has 0 N–H and O–H groups in total. The number of hydrogen-bond acceptors (Lipinski definition) is 7. The van der Waals surface area contributed by atoms with Gasteiger partial charge in [0.1, 0.15) is 11.5 Å². The first-order chi connectivity index (χ1) is 19.6. The molecular formula is C30H30F3NO7S. The summed E-state index contributed by atoms with van der Waals surface area (Å²) in [5.74, 6) is -1.75. The van der Waals surface area contributed by atoms with Gasteiger partial charge in [-0.3, -0.25) is 9.69 Å². The summed E-state index contributed by atoms with van der Waals surface area (Å²) in [5.41, 5.74) is -6.31. The Morgan fingerprint density at radius 3 is 2.17 bits per heavy atom. The monoisotopic (exact) mass is 605 g/mol. The number of nitrogens with zero attached hydrogens (tertiary/aromatic N) is 1. The number of alkyl halides is 3. The normalized spacial score (nSPS) is 17.0.